The van der Waals surface area contributed by atoms with E-state index in [1.165, 1.54) is 18.2 Å². The molecular weight excluding hydrogens is 292 g/mol. The molecule has 0 unspecified atom stereocenters. The van der Waals surface area contributed by atoms with E-state index in [1.807, 2.05) is 0 Å². The summed E-state index contributed by atoms with van der Waals surface area (Å²) in [4.78, 5) is 3.80. The van der Waals surface area contributed by atoms with Gasteiger partial charge in [0.15, 0.2) is 5.82 Å². The molecule has 1 aromatic carbocycles. The van der Waals surface area contributed by atoms with Gasteiger partial charge in [-0.2, -0.15) is 4.98 Å². The molecule has 0 saturated carbocycles. The summed E-state index contributed by atoms with van der Waals surface area (Å²) < 4.78 is 31.2. The first-order valence-corrected chi connectivity index (χ1v) is 7.08. The van der Waals surface area contributed by atoms with Gasteiger partial charge in [0, 0.05) is 11.9 Å². The molecule has 0 bridgehead atoms. The Morgan fingerprint density at radius 1 is 1.47 bits per heavy atom. The Balaban J connectivity index is 2.20. The van der Waals surface area contributed by atoms with Crippen LogP contribution in [0.4, 0.5) is 5.69 Å². The molecule has 7 nitrogen and oxygen atoms in total. The van der Waals surface area contributed by atoms with Gasteiger partial charge < -0.3 is 10.3 Å². The third kappa shape index (κ3) is 3.22. The Labute approximate surface area is 114 Å². The number of nitrogen functional groups attached to an aromatic ring is 1. The Hall–Kier alpha value is -1.64. The molecule has 0 aliphatic carbocycles. The molecule has 0 aliphatic heterocycles. The van der Waals surface area contributed by atoms with E-state index in [2.05, 4.69) is 14.9 Å². The van der Waals surface area contributed by atoms with Crippen molar-refractivity contribution >= 4 is 27.3 Å². The lowest BCUT2D eigenvalue weighted by Gasteiger charge is -2.07. The number of nitrogens with zero attached hydrogens (tertiary/aromatic N) is 2. The summed E-state index contributed by atoms with van der Waals surface area (Å²) in [5.74, 6) is 0.596. The number of aromatic nitrogens is 2. The molecule has 0 spiro atoms. The van der Waals surface area contributed by atoms with Crippen LogP contribution in [-0.2, 0) is 16.6 Å². The standard InChI is InChI=1S/C10H11ClN4O3S/c1-6-14-10(15-18-6)5-13-19(16,17)9-4-7(11)2-3-8(9)12/h2-4,13H,5,12H2,1H3. The van der Waals surface area contributed by atoms with E-state index in [0.29, 0.717) is 5.89 Å². The molecule has 2 rings (SSSR count). The molecule has 1 heterocycles. The fourth-order valence-corrected chi connectivity index (χ4v) is 2.76. The van der Waals surface area contributed by atoms with Gasteiger partial charge in [0.25, 0.3) is 0 Å². The van der Waals surface area contributed by atoms with Crippen LogP contribution in [0.3, 0.4) is 0 Å². The number of nitrogens with one attached hydrogen (secondary N) is 1. The van der Waals surface area contributed by atoms with Gasteiger partial charge in [-0.3, -0.25) is 0 Å². The van der Waals surface area contributed by atoms with Crippen LogP contribution >= 0.6 is 11.6 Å². The largest absolute Gasteiger partial charge is 0.398 e. The van der Waals surface area contributed by atoms with Crippen molar-refractivity contribution in [2.45, 2.75) is 18.4 Å². The quantitative estimate of drug-likeness (QED) is 0.818. The van der Waals surface area contributed by atoms with Crippen molar-refractivity contribution in [2.75, 3.05) is 5.73 Å². The first-order valence-electron chi connectivity index (χ1n) is 5.22. The van der Waals surface area contributed by atoms with Crippen LogP contribution in [0.1, 0.15) is 11.7 Å². The topological polar surface area (TPSA) is 111 Å². The van der Waals surface area contributed by atoms with Crippen LogP contribution in [0.25, 0.3) is 0 Å². The van der Waals surface area contributed by atoms with Gasteiger partial charge in [0.05, 0.1) is 12.2 Å². The molecule has 19 heavy (non-hydrogen) atoms. The summed E-state index contributed by atoms with van der Waals surface area (Å²) in [6.07, 6.45) is 0. The van der Waals surface area contributed by atoms with Crippen LogP contribution < -0.4 is 10.5 Å². The molecule has 0 fully saturated rings. The number of halogens is 1. The minimum Gasteiger partial charge on any atom is -0.398 e. The highest BCUT2D eigenvalue weighted by Gasteiger charge is 2.18. The molecule has 0 radical (unpaired) electrons. The number of benzene rings is 1. The lowest BCUT2D eigenvalue weighted by Crippen LogP contribution is -2.24. The zero-order chi connectivity index (χ0) is 14.0. The SMILES string of the molecule is Cc1nc(CNS(=O)(=O)c2cc(Cl)ccc2N)no1. The summed E-state index contributed by atoms with van der Waals surface area (Å²) in [6.45, 7) is 1.52. The maximum atomic E-state index is 12.0. The van der Waals surface area contributed by atoms with Crippen molar-refractivity contribution in [3.63, 3.8) is 0 Å². The van der Waals surface area contributed by atoms with E-state index in [-0.39, 0.29) is 28.0 Å². The maximum absolute atomic E-state index is 12.0. The summed E-state index contributed by atoms with van der Waals surface area (Å²) >= 11 is 5.76. The number of aryl methyl sites for hydroxylation is 1. The molecule has 9 heteroatoms. The lowest BCUT2D eigenvalue weighted by molar-refractivity contribution is 0.387. The van der Waals surface area contributed by atoms with Gasteiger partial charge in [0.2, 0.25) is 15.9 Å². The molecular formula is C10H11ClN4O3S. The fraction of sp³-hybridized carbons (Fsp3) is 0.200. The minimum absolute atomic E-state index is 0.0831. The van der Waals surface area contributed by atoms with Gasteiger partial charge in [-0.1, -0.05) is 16.8 Å². The van der Waals surface area contributed by atoms with E-state index in [0.717, 1.165) is 0 Å². The summed E-state index contributed by atoms with van der Waals surface area (Å²) in [7, 11) is -3.78. The van der Waals surface area contributed by atoms with Crippen molar-refractivity contribution < 1.29 is 12.9 Å². The van der Waals surface area contributed by atoms with Crippen molar-refractivity contribution in [1.29, 1.82) is 0 Å². The predicted octanol–water partition coefficient (Wildman–Crippen LogP) is 1.09. The zero-order valence-corrected chi connectivity index (χ0v) is 11.5. The highest BCUT2D eigenvalue weighted by Crippen LogP contribution is 2.22. The number of hydrogen-bond acceptors (Lipinski definition) is 6. The normalized spacial score (nSPS) is 11.7. The number of rotatable bonds is 4. The van der Waals surface area contributed by atoms with Crippen LogP contribution in [0, 0.1) is 6.92 Å². The highest BCUT2D eigenvalue weighted by molar-refractivity contribution is 7.89. The second-order valence-corrected chi connectivity index (χ2v) is 5.91. The number of hydrogen-bond donors (Lipinski definition) is 2. The van der Waals surface area contributed by atoms with E-state index < -0.39 is 10.0 Å². The smallest absolute Gasteiger partial charge is 0.243 e. The van der Waals surface area contributed by atoms with Gasteiger partial charge in [-0.25, -0.2) is 13.1 Å². The van der Waals surface area contributed by atoms with Crippen LogP contribution in [-0.4, -0.2) is 18.6 Å². The first-order chi connectivity index (χ1) is 8.88. The second kappa shape index (κ2) is 5.16. The Bertz CT molecular complexity index is 699. The number of anilines is 1. The average Bonchev–Trinajstić information content (AvgIpc) is 2.76. The first kappa shape index (κ1) is 13.8. The van der Waals surface area contributed by atoms with E-state index >= 15 is 0 Å². The fourth-order valence-electron chi connectivity index (χ4n) is 1.39. The lowest BCUT2D eigenvalue weighted by atomic mass is 10.3. The highest BCUT2D eigenvalue weighted by atomic mass is 35.5. The van der Waals surface area contributed by atoms with Gasteiger partial charge >= 0.3 is 0 Å². The Morgan fingerprint density at radius 3 is 2.84 bits per heavy atom. The Kier molecular flexibility index (Phi) is 3.74. The maximum Gasteiger partial charge on any atom is 0.243 e. The molecule has 102 valence electrons. The molecule has 3 N–H and O–H groups in total. The van der Waals surface area contributed by atoms with Crippen molar-refractivity contribution in [3.05, 3.63) is 34.9 Å². The van der Waals surface area contributed by atoms with Crippen LogP contribution in [0.15, 0.2) is 27.6 Å². The molecule has 2 aromatic rings. The number of nitrogens with two attached hydrogens (primary N) is 1. The van der Waals surface area contributed by atoms with Crippen molar-refractivity contribution in [3.8, 4) is 0 Å². The van der Waals surface area contributed by atoms with Crippen LogP contribution in [0.2, 0.25) is 5.02 Å². The summed E-state index contributed by atoms with van der Waals surface area (Å²) in [6, 6.07) is 4.22. The van der Waals surface area contributed by atoms with Crippen molar-refractivity contribution in [1.82, 2.24) is 14.9 Å². The van der Waals surface area contributed by atoms with Gasteiger partial charge in [-0.05, 0) is 18.2 Å². The third-order valence-electron chi connectivity index (χ3n) is 2.26. The third-order valence-corrected chi connectivity index (χ3v) is 3.95. The molecule has 0 aliphatic rings. The molecule has 0 amide bonds. The van der Waals surface area contributed by atoms with Crippen molar-refractivity contribution in [2.24, 2.45) is 0 Å². The Morgan fingerprint density at radius 2 is 2.21 bits per heavy atom. The number of sulfonamides is 1. The minimum atomic E-state index is -3.78. The summed E-state index contributed by atoms with van der Waals surface area (Å²) in [5.41, 5.74) is 5.73. The van der Waals surface area contributed by atoms with Crippen LogP contribution in [0.5, 0.6) is 0 Å². The molecule has 0 saturated heterocycles. The second-order valence-electron chi connectivity index (χ2n) is 3.74. The molecule has 1 aromatic heterocycles. The van der Waals surface area contributed by atoms with Gasteiger partial charge in [0.1, 0.15) is 4.90 Å². The predicted molar refractivity (Wildman–Crippen MR) is 68.9 cm³/mol. The van der Waals surface area contributed by atoms with Gasteiger partial charge in [-0.15, -0.1) is 0 Å². The molecule has 0 atom stereocenters. The summed E-state index contributed by atoms with van der Waals surface area (Å²) in [5, 5.41) is 3.86. The average molecular weight is 303 g/mol. The van der Waals surface area contributed by atoms with E-state index in [1.54, 1.807) is 6.92 Å². The monoisotopic (exact) mass is 302 g/mol. The zero-order valence-electron chi connectivity index (χ0n) is 9.92. The van der Waals surface area contributed by atoms with E-state index in [4.69, 9.17) is 21.9 Å². The van der Waals surface area contributed by atoms with E-state index in [9.17, 15) is 8.42 Å².